The second-order valence-corrected chi connectivity index (χ2v) is 9.09. The number of fused-ring (bicyclic) bond motifs is 1. The minimum absolute atomic E-state index is 0. The van der Waals surface area contributed by atoms with Gasteiger partial charge in [-0.1, -0.05) is 30.2 Å². The molecule has 13 heteroatoms. The van der Waals surface area contributed by atoms with E-state index in [-0.39, 0.29) is 36.7 Å². The van der Waals surface area contributed by atoms with Crippen LogP contribution in [0.4, 0.5) is 15.0 Å². The van der Waals surface area contributed by atoms with Crippen LogP contribution in [-0.2, 0) is 36.3 Å². The first kappa shape index (κ1) is 28.1. The summed E-state index contributed by atoms with van der Waals surface area (Å²) in [5.41, 5.74) is 0.868. The number of carbonyl (C=O) groups excluding carboxylic acids is 1. The molecule has 1 unspecified atom stereocenters. The molecule has 193 valence electrons. The Morgan fingerprint density at radius 1 is 1.38 bits per heavy atom. The fourth-order valence-electron chi connectivity index (χ4n) is 3.63. The van der Waals surface area contributed by atoms with Crippen LogP contribution in [0.15, 0.2) is 24.7 Å². The third kappa shape index (κ3) is 6.65. The van der Waals surface area contributed by atoms with Crippen LogP contribution in [0.5, 0.6) is 0 Å². The van der Waals surface area contributed by atoms with Crippen molar-refractivity contribution in [2.75, 3.05) is 25.5 Å². The van der Waals surface area contributed by atoms with Gasteiger partial charge < -0.3 is 24.9 Å². The zero-order chi connectivity index (χ0) is 25.7. The number of carbonyl (C=O) groups is 1. The van der Waals surface area contributed by atoms with E-state index in [0.717, 1.165) is 10.8 Å². The summed E-state index contributed by atoms with van der Waals surface area (Å²) < 4.78 is 18.9. The minimum atomic E-state index is -0.437. The van der Waals surface area contributed by atoms with E-state index in [4.69, 9.17) is 4.74 Å². The fraction of sp³-hybridized carbons (Fsp3) is 0.292. The van der Waals surface area contributed by atoms with Crippen LogP contribution in [0.1, 0.15) is 29.4 Å². The Morgan fingerprint density at radius 2 is 2.19 bits per heavy atom. The van der Waals surface area contributed by atoms with Gasteiger partial charge in [0.1, 0.15) is 22.5 Å². The zero-order valence-electron chi connectivity index (χ0n) is 20.4. The van der Waals surface area contributed by atoms with E-state index >= 15 is 0 Å². The number of pyridine rings is 1. The van der Waals surface area contributed by atoms with Crippen LogP contribution in [0.25, 0.3) is 23.0 Å². The van der Waals surface area contributed by atoms with E-state index in [0.29, 0.717) is 46.4 Å². The summed E-state index contributed by atoms with van der Waals surface area (Å²) in [6, 6.07) is 2.90. The third-order valence-electron chi connectivity index (χ3n) is 5.51. The molecule has 0 aliphatic carbocycles. The van der Waals surface area contributed by atoms with Crippen LogP contribution in [-0.4, -0.2) is 61.1 Å². The van der Waals surface area contributed by atoms with Gasteiger partial charge in [0, 0.05) is 50.2 Å². The molecule has 0 fully saturated rings. The largest absolute Gasteiger partial charge is 0.453 e. The Kier molecular flexibility index (Phi) is 9.62. The van der Waals surface area contributed by atoms with Crippen molar-refractivity contribution in [3.63, 3.8) is 0 Å². The molecule has 2 N–H and O–H groups in total. The molecule has 0 saturated heterocycles. The van der Waals surface area contributed by atoms with E-state index < -0.39 is 11.9 Å². The standard InChI is InChI=1S/C24H26FN8O2S.V/c1-5-17-15(3)30-21(31-17)14(2)12-33(24(34)35-4)10-8-19-32-20-22(28-13-29-23(20)36-19)27-11-18-16(25)7-6-9-26-18;/h5-7,9,13-14H,1,3,8,10-12H2,2,4H3,(H,30,31)(H,27,28,29);/q-1;/b17-5+;. The van der Waals surface area contributed by atoms with Crippen molar-refractivity contribution < 1.29 is 32.5 Å². The summed E-state index contributed by atoms with van der Waals surface area (Å²) in [7, 11) is 1.35. The van der Waals surface area contributed by atoms with E-state index in [2.05, 4.69) is 48.7 Å². The molecule has 10 nitrogen and oxygen atoms in total. The van der Waals surface area contributed by atoms with Crippen LogP contribution < -0.4 is 16.0 Å². The predicted molar refractivity (Wildman–Crippen MR) is 136 cm³/mol. The van der Waals surface area contributed by atoms with Gasteiger partial charge in [0.05, 0.1) is 30.2 Å². The number of aromatic nitrogens is 6. The van der Waals surface area contributed by atoms with E-state index in [1.165, 1.54) is 43.1 Å². The zero-order valence-corrected chi connectivity index (χ0v) is 22.7. The molecular formula is C24H26FN8O2SV-. The fourth-order valence-corrected chi connectivity index (χ4v) is 4.52. The molecule has 4 aromatic heterocycles. The first-order chi connectivity index (χ1) is 17.4. The van der Waals surface area contributed by atoms with Gasteiger partial charge in [-0.15, -0.1) is 0 Å². The van der Waals surface area contributed by atoms with Crippen molar-refractivity contribution in [1.82, 2.24) is 34.8 Å². The number of imidazole rings is 1. The molecule has 4 rings (SSSR count). The number of anilines is 1. The monoisotopic (exact) mass is 560 g/mol. The summed E-state index contributed by atoms with van der Waals surface area (Å²) in [5.74, 6) is 0.736. The molecule has 37 heavy (non-hydrogen) atoms. The Morgan fingerprint density at radius 3 is 2.89 bits per heavy atom. The molecule has 0 spiro atoms. The van der Waals surface area contributed by atoms with Gasteiger partial charge in [-0.3, -0.25) is 4.98 Å². The van der Waals surface area contributed by atoms with E-state index in [1.807, 2.05) is 6.92 Å². The van der Waals surface area contributed by atoms with Gasteiger partial charge in [-0.05, 0) is 17.5 Å². The van der Waals surface area contributed by atoms with Gasteiger partial charge in [0.25, 0.3) is 0 Å². The SMILES string of the molecule is C=c1[nH]c(C(C)CN(CCc2nc3c(NCc4ncccc4F)ncnc3s2)C(=O)OC)n/c1=C/[CH2-].[V]. The second kappa shape index (κ2) is 12.7. The van der Waals surface area contributed by atoms with Crippen molar-refractivity contribution in [2.24, 2.45) is 0 Å². The Hall–Kier alpha value is -3.48. The van der Waals surface area contributed by atoms with Gasteiger partial charge >= 0.3 is 6.09 Å². The van der Waals surface area contributed by atoms with Gasteiger partial charge in [0.15, 0.2) is 5.82 Å². The van der Waals surface area contributed by atoms with Crippen LogP contribution in [0.2, 0.25) is 0 Å². The maximum absolute atomic E-state index is 13.9. The van der Waals surface area contributed by atoms with Crippen molar-refractivity contribution in [3.05, 3.63) is 64.6 Å². The normalized spacial score (nSPS) is 12.2. The number of thiazole rings is 1. The molecule has 1 atom stereocenters. The number of rotatable bonds is 9. The number of hydrogen-bond donors (Lipinski definition) is 2. The number of nitrogens with one attached hydrogen (secondary N) is 2. The van der Waals surface area contributed by atoms with Crippen molar-refractivity contribution in [3.8, 4) is 0 Å². The molecule has 1 radical (unpaired) electrons. The maximum Gasteiger partial charge on any atom is 0.409 e. The molecule has 1 amide bonds. The van der Waals surface area contributed by atoms with Crippen LogP contribution in [0.3, 0.4) is 0 Å². The minimum Gasteiger partial charge on any atom is -0.453 e. The molecular weight excluding hydrogens is 534 g/mol. The smallest absolute Gasteiger partial charge is 0.409 e. The van der Waals surface area contributed by atoms with Crippen molar-refractivity contribution in [1.29, 1.82) is 0 Å². The summed E-state index contributed by atoms with van der Waals surface area (Å²) in [4.78, 5) is 39.7. The quantitative estimate of drug-likeness (QED) is 0.300. The number of aromatic amines is 1. The molecule has 0 aliphatic heterocycles. The Bertz CT molecular complexity index is 1480. The van der Waals surface area contributed by atoms with Crippen molar-refractivity contribution in [2.45, 2.75) is 25.8 Å². The first-order valence-electron chi connectivity index (χ1n) is 11.2. The number of halogens is 1. The molecule has 0 saturated carbocycles. The Balaban J connectivity index is 0.00000380. The number of H-pyrrole nitrogens is 1. The van der Waals surface area contributed by atoms with Gasteiger partial charge in [-0.25, -0.2) is 37.1 Å². The number of hydrogen-bond acceptors (Lipinski definition) is 9. The second-order valence-electron chi connectivity index (χ2n) is 8.03. The Labute approximate surface area is 229 Å². The summed E-state index contributed by atoms with van der Waals surface area (Å²) in [5, 5.41) is 5.24. The average molecular weight is 561 g/mol. The average Bonchev–Trinajstić information content (AvgIpc) is 3.48. The van der Waals surface area contributed by atoms with Gasteiger partial charge in [-0.2, -0.15) is 0 Å². The first-order valence-corrected chi connectivity index (χ1v) is 12.0. The van der Waals surface area contributed by atoms with Crippen LogP contribution >= 0.6 is 11.3 Å². The molecule has 4 aromatic rings. The predicted octanol–water partition coefficient (Wildman–Crippen LogP) is 2.39. The number of ether oxygens (including phenoxy) is 1. The number of nitrogens with zero attached hydrogens (tertiary/aromatic N) is 6. The topological polar surface area (TPSA) is 122 Å². The summed E-state index contributed by atoms with van der Waals surface area (Å²) in [6.45, 7) is 10.6. The van der Waals surface area contributed by atoms with Crippen molar-refractivity contribution >= 4 is 46.2 Å². The van der Waals surface area contributed by atoms with Crippen LogP contribution in [0, 0.1) is 12.7 Å². The maximum atomic E-state index is 13.9. The summed E-state index contributed by atoms with van der Waals surface area (Å²) >= 11 is 1.41. The van der Waals surface area contributed by atoms with E-state index in [9.17, 15) is 9.18 Å². The molecule has 0 aromatic carbocycles. The molecule has 0 bridgehead atoms. The van der Waals surface area contributed by atoms with E-state index in [1.54, 1.807) is 11.0 Å². The number of amides is 1. The third-order valence-corrected chi connectivity index (χ3v) is 6.53. The van der Waals surface area contributed by atoms with Gasteiger partial charge in [0.2, 0.25) is 0 Å². The number of methoxy groups -OCH3 is 1. The summed E-state index contributed by atoms with van der Waals surface area (Å²) in [6.07, 6.45) is 4.66. The molecule has 4 heterocycles. The molecule has 0 aliphatic rings.